The van der Waals surface area contributed by atoms with Crippen LogP contribution in [0.3, 0.4) is 0 Å². The molecule has 2 N–H and O–H groups in total. The fourth-order valence-corrected chi connectivity index (χ4v) is 4.42. The van der Waals surface area contributed by atoms with Crippen LogP contribution in [0.2, 0.25) is 0 Å². The van der Waals surface area contributed by atoms with Gasteiger partial charge in [-0.1, -0.05) is 6.92 Å². The van der Waals surface area contributed by atoms with E-state index in [-0.39, 0.29) is 12.6 Å². The zero-order valence-electron chi connectivity index (χ0n) is 13.3. The summed E-state index contributed by atoms with van der Waals surface area (Å²) >= 11 is 1.91. The summed E-state index contributed by atoms with van der Waals surface area (Å²) in [6, 6.07) is 0.509. The van der Waals surface area contributed by atoms with E-state index in [2.05, 4.69) is 12.2 Å². The highest BCUT2D eigenvalue weighted by Crippen LogP contribution is 2.38. The summed E-state index contributed by atoms with van der Waals surface area (Å²) in [6.45, 7) is 4.63. The molecule has 0 aromatic heterocycles. The van der Waals surface area contributed by atoms with Gasteiger partial charge >= 0.3 is 5.97 Å². The van der Waals surface area contributed by atoms with Crippen LogP contribution in [0.25, 0.3) is 0 Å². The maximum atomic E-state index is 12.5. The van der Waals surface area contributed by atoms with E-state index in [9.17, 15) is 4.79 Å². The lowest BCUT2D eigenvalue weighted by atomic mass is 9.81. The molecule has 5 heteroatoms. The molecule has 0 bridgehead atoms. The number of nitrogens with one attached hydrogen (secondary N) is 1. The first kappa shape index (κ1) is 17.1. The SMILES string of the molecule is CCOC(=O)C1(NC2CC2)CCCC(SCC(C)CO)C1. The molecule has 0 amide bonds. The van der Waals surface area contributed by atoms with Gasteiger partial charge in [0.25, 0.3) is 0 Å². The third-order valence-corrected chi connectivity index (χ3v) is 5.99. The number of hydrogen-bond donors (Lipinski definition) is 2. The minimum atomic E-state index is -0.463. The van der Waals surface area contributed by atoms with Crippen LogP contribution in [0.15, 0.2) is 0 Å². The van der Waals surface area contributed by atoms with Gasteiger partial charge in [-0.05, 0) is 57.1 Å². The minimum absolute atomic E-state index is 0.0580. The van der Waals surface area contributed by atoms with Gasteiger partial charge in [0.05, 0.1) is 6.61 Å². The van der Waals surface area contributed by atoms with Gasteiger partial charge in [-0.3, -0.25) is 10.1 Å². The lowest BCUT2D eigenvalue weighted by molar-refractivity contribution is -0.152. The van der Waals surface area contributed by atoms with Crippen molar-refractivity contribution in [2.24, 2.45) is 5.92 Å². The third kappa shape index (κ3) is 4.86. The predicted octanol–water partition coefficient (Wildman–Crippen LogP) is 2.34. The highest BCUT2D eigenvalue weighted by atomic mass is 32.2. The molecule has 21 heavy (non-hydrogen) atoms. The molecule has 0 aromatic carbocycles. The highest BCUT2D eigenvalue weighted by molar-refractivity contribution is 7.99. The Morgan fingerprint density at radius 2 is 2.24 bits per heavy atom. The second-order valence-electron chi connectivity index (χ2n) is 6.56. The fraction of sp³-hybridized carbons (Fsp3) is 0.938. The van der Waals surface area contributed by atoms with E-state index < -0.39 is 5.54 Å². The van der Waals surface area contributed by atoms with Crippen molar-refractivity contribution in [3.63, 3.8) is 0 Å². The molecule has 0 spiro atoms. The largest absolute Gasteiger partial charge is 0.465 e. The molecule has 2 aliphatic rings. The predicted molar refractivity (Wildman–Crippen MR) is 86.5 cm³/mol. The van der Waals surface area contributed by atoms with Crippen molar-refractivity contribution < 1.29 is 14.6 Å². The number of carbonyl (C=O) groups excluding carboxylic acids is 1. The van der Waals surface area contributed by atoms with E-state index in [4.69, 9.17) is 9.84 Å². The minimum Gasteiger partial charge on any atom is -0.465 e. The summed E-state index contributed by atoms with van der Waals surface area (Å²) in [5.74, 6) is 1.23. The molecule has 0 radical (unpaired) electrons. The van der Waals surface area contributed by atoms with Gasteiger partial charge in [0, 0.05) is 17.9 Å². The maximum absolute atomic E-state index is 12.5. The molecule has 2 aliphatic carbocycles. The van der Waals surface area contributed by atoms with Gasteiger partial charge in [-0.2, -0.15) is 11.8 Å². The van der Waals surface area contributed by atoms with Crippen LogP contribution in [0.1, 0.15) is 52.4 Å². The maximum Gasteiger partial charge on any atom is 0.326 e. The monoisotopic (exact) mass is 315 g/mol. The van der Waals surface area contributed by atoms with Gasteiger partial charge in [-0.25, -0.2) is 0 Å². The lowest BCUT2D eigenvalue weighted by Gasteiger charge is -2.39. The number of aliphatic hydroxyl groups is 1. The summed E-state index contributed by atoms with van der Waals surface area (Å²) in [5.41, 5.74) is -0.463. The molecule has 2 fully saturated rings. The molecule has 0 saturated heterocycles. The van der Waals surface area contributed by atoms with E-state index >= 15 is 0 Å². The van der Waals surface area contributed by atoms with Crippen molar-refractivity contribution in [2.75, 3.05) is 19.0 Å². The van der Waals surface area contributed by atoms with Crippen molar-refractivity contribution >= 4 is 17.7 Å². The number of carbonyl (C=O) groups is 1. The molecule has 0 heterocycles. The molecule has 4 nitrogen and oxygen atoms in total. The summed E-state index contributed by atoms with van der Waals surface area (Å²) in [6.07, 6.45) is 6.36. The normalized spacial score (nSPS) is 30.9. The van der Waals surface area contributed by atoms with Crippen LogP contribution in [0, 0.1) is 5.92 Å². The van der Waals surface area contributed by atoms with Crippen molar-refractivity contribution in [3.8, 4) is 0 Å². The summed E-state index contributed by atoms with van der Waals surface area (Å²) in [5, 5.41) is 13.2. The number of thioether (sulfide) groups is 1. The molecule has 0 aromatic rings. The molecule has 3 atom stereocenters. The molecule has 0 aliphatic heterocycles. The first-order valence-electron chi connectivity index (χ1n) is 8.27. The van der Waals surface area contributed by atoms with Crippen LogP contribution >= 0.6 is 11.8 Å². The van der Waals surface area contributed by atoms with Crippen molar-refractivity contribution in [1.29, 1.82) is 0 Å². The molecule has 2 saturated carbocycles. The Kier molecular flexibility index (Phi) is 6.38. The van der Waals surface area contributed by atoms with Crippen LogP contribution in [0.5, 0.6) is 0 Å². The standard InChI is InChI=1S/C16H29NO3S/c1-3-20-15(19)16(17-13-6-7-13)8-4-5-14(9-16)21-11-12(2)10-18/h12-14,17-18H,3-11H2,1-2H3. The van der Waals surface area contributed by atoms with Crippen LogP contribution in [-0.4, -0.2) is 46.9 Å². The molecule has 3 unspecified atom stereocenters. The van der Waals surface area contributed by atoms with Gasteiger partial charge in [0.2, 0.25) is 0 Å². The van der Waals surface area contributed by atoms with Crippen LogP contribution in [-0.2, 0) is 9.53 Å². The van der Waals surface area contributed by atoms with Gasteiger partial charge < -0.3 is 9.84 Å². The van der Waals surface area contributed by atoms with Crippen LogP contribution in [0.4, 0.5) is 0 Å². The summed E-state index contributed by atoms with van der Waals surface area (Å²) in [7, 11) is 0. The van der Waals surface area contributed by atoms with Gasteiger partial charge in [0.15, 0.2) is 0 Å². The summed E-state index contributed by atoms with van der Waals surface area (Å²) in [4.78, 5) is 12.5. The van der Waals surface area contributed by atoms with E-state index in [0.717, 1.165) is 31.4 Å². The number of esters is 1. The number of ether oxygens (including phenoxy) is 1. The average molecular weight is 315 g/mol. The Balaban J connectivity index is 1.96. The van der Waals surface area contributed by atoms with Crippen LogP contribution < -0.4 is 5.32 Å². The average Bonchev–Trinajstić information content (AvgIpc) is 3.29. The van der Waals surface area contributed by atoms with Gasteiger partial charge in [-0.15, -0.1) is 0 Å². The van der Waals surface area contributed by atoms with E-state index in [1.807, 2.05) is 18.7 Å². The third-order valence-electron chi connectivity index (χ3n) is 4.36. The van der Waals surface area contributed by atoms with Gasteiger partial charge in [0.1, 0.15) is 5.54 Å². The molecular formula is C16H29NO3S. The number of hydrogen-bond acceptors (Lipinski definition) is 5. The Morgan fingerprint density at radius 3 is 2.86 bits per heavy atom. The highest BCUT2D eigenvalue weighted by Gasteiger charge is 2.46. The molecule has 122 valence electrons. The second-order valence-corrected chi connectivity index (χ2v) is 7.89. The number of rotatable bonds is 8. The quantitative estimate of drug-likeness (QED) is 0.673. The Labute approximate surface area is 132 Å². The molecule has 2 rings (SSSR count). The topological polar surface area (TPSA) is 58.6 Å². The van der Waals surface area contributed by atoms with Crippen molar-refractivity contribution in [2.45, 2.75) is 69.2 Å². The lowest BCUT2D eigenvalue weighted by Crippen LogP contribution is -2.57. The Hall–Kier alpha value is -0.260. The first-order chi connectivity index (χ1) is 10.1. The zero-order chi connectivity index (χ0) is 15.3. The fourth-order valence-electron chi connectivity index (χ4n) is 2.98. The van der Waals surface area contributed by atoms with E-state index in [0.29, 0.717) is 23.8 Å². The smallest absolute Gasteiger partial charge is 0.326 e. The first-order valence-corrected chi connectivity index (χ1v) is 9.32. The zero-order valence-corrected chi connectivity index (χ0v) is 14.1. The molecular weight excluding hydrogens is 286 g/mol. The number of aliphatic hydroxyl groups excluding tert-OH is 1. The van der Waals surface area contributed by atoms with Crippen molar-refractivity contribution in [1.82, 2.24) is 5.32 Å². The van der Waals surface area contributed by atoms with Crippen molar-refractivity contribution in [3.05, 3.63) is 0 Å². The Morgan fingerprint density at radius 1 is 1.48 bits per heavy atom. The van der Waals surface area contributed by atoms with E-state index in [1.54, 1.807) is 0 Å². The summed E-state index contributed by atoms with van der Waals surface area (Å²) < 4.78 is 5.36. The Bertz CT molecular complexity index is 348. The van der Waals surface area contributed by atoms with E-state index in [1.165, 1.54) is 12.8 Å². The second kappa shape index (κ2) is 7.84.